The van der Waals surface area contributed by atoms with Gasteiger partial charge in [-0.05, 0) is 87.2 Å². The molecule has 1 heterocycles. The third-order valence-corrected chi connectivity index (χ3v) is 7.46. The van der Waals surface area contributed by atoms with Crippen molar-refractivity contribution in [1.29, 1.82) is 0 Å². The van der Waals surface area contributed by atoms with E-state index in [1.807, 2.05) is 13.8 Å². The number of ether oxygens (including phenoxy) is 3. The molecule has 6 rings (SSSR count). The molecular weight excluding hydrogens is 362 g/mol. The summed E-state index contributed by atoms with van der Waals surface area (Å²) in [6.07, 6.45) is 6.90. The van der Waals surface area contributed by atoms with E-state index in [-0.39, 0.29) is 23.7 Å². The summed E-state index contributed by atoms with van der Waals surface area (Å²) in [6, 6.07) is 3.42. The molecule has 1 saturated heterocycles. The molecule has 5 fully saturated rings. The Labute approximate surface area is 165 Å². The minimum atomic E-state index is -0.841. The van der Waals surface area contributed by atoms with Crippen molar-refractivity contribution in [3.63, 3.8) is 0 Å². The van der Waals surface area contributed by atoms with E-state index in [2.05, 4.69) is 0 Å². The van der Waals surface area contributed by atoms with E-state index in [1.54, 1.807) is 12.1 Å². The highest BCUT2D eigenvalue weighted by Gasteiger charge is 2.52. The first-order chi connectivity index (χ1) is 13.3. The second-order valence-electron chi connectivity index (χ2n) is 10.1. The van der Waals surface area contributed by atoms with Crippen molar-refractivity contribution < 1.29 is 23.0 Å². The molecule has 3 nitrogen and oxygen atoms in total. The predicted molar refractivity (Wildman–Crippen MR) is 101 cm³/mol. The SMILES string of the molecule is CC1(C)OCC(COc2ccc(C34CC5CC(CC(C5)C3)C4)c(F)c2F)CO1. The summed E-state index contributed by atoms with van der Waals surface area (Å²) in [5.74, 6) is -0.0365. The summed E-state index contributed by atoms with van der Waals surface area (Å²) < 4.78 is 46.8. The molecule has 1 aromatic rings. The highest BCUT2D eigenvalue weighted by Crippen LogP contribution is 2.61. The quantitative estimate of drug-likeness (QED) is 0.704. The Morgan fingerprint density at radius 2 is 1.50 bits per heavy atom. The molecule has 0 N–H and O–H groups in total. The molecule has 154 valence electrons. The summed E-state index contributed by atoms with van der Waals surface area (Å²) in [5.41, 5.74) is 0.428. The molecule has 5 heteroatoms. The van der Waals surface area contributed by atoms with Crippen molar-refractivity contribution in [2.24, 2.45) is 23.7 Å². The molecule has 0 amide bonds. The number of halogens is 2. The summed E-state index contributed by atoms with van der Waals surface area (Å²) in [5, 5.41) is 0. The maximum absolute atomic E-state index is 15.1. The Morgan fingerprint density at radius 1 is 0.929 bits per heavy atom. The first-order valence-electron chi connectivity index (χ1n) is 10.7. The van der Waals surface area contributed by atoms with Gasteiger partial charge in [0.25, 0.3) is 0 Å². The standard InChI is InChI=1S/C23H30F2O3/c1-22(2)27-12-17(13-28-22)11-26-19-4-3-18(20(24)21(19)25)23-8-14-5-15(9-23)7-16(6-14)10-23/h3-4,14-17H,5-13H2,1-2H3. The second-order valence-corrected chi connectivity index (χ2v) is 10.1. The van der Waals surface area contributed by atoms with Gasteiger partial charge in [0.2, 0.25) is 5.82 Å². The van der Waals surface area contributed by atoms with Crippen LogP contribution in [-0.2, 0) is 14.9 Å². The van der Waals surface area contributed by atoms with Gasteiger partial charge in [0.15, 0.2) is 17.4 Å². The molecule has 4 saturated carbocycles. The number of rotatable bonds is 4. The van der Waals surface area contributed by atoms with Crippen molar-refractivity contribution in [2.75, 3.05) is 19.8 Å². The fourth-order valence-corrected chi connectivity index (χ4v) is 6.52. The van der Waals surface area contributed by atoms with E-state index >= 15 is 4.39 Å². The minimum absolute atomic E-state index is 0.00388. The van der Waals surface area contributed by atoms with E-state index < -0.39 is 17.4 Å². The average molecular weight is 392 g/mol. The molecule has 4 aliphatic carbocycles. The van der Waals surface area contributed by atoms with Crippen molar-refractivity contribution in [1.82, 2.24) is 0 Å². The summed E-state index contributed by atoms with van der Waals surface area (Å²) in [6.45, 7) is 4.96. The molecular formula is C23H30F2O3. The van der Waals surface area contributed by atoms with Gasteiger partial charge < -0.3 is 14.2 Å². The van der Waals surface area contributed by atoms with Crippen molar-refractivity contribution in [3.05, 3.63) is 29.3 Å². The smallest absolute Gasteiger partial charge is 0.200 e. The molecule has 5 aliphatic rings. The van der Waals surface area contributed by atoms with E-state index in [4.69, 9.17) is 14.2 Å². The van der Waals surface area contributed by atoms with Crippen molar-refractivity contribution in [3.8, 4) is 5.75 Å². The Hall–Kier alpha value is -1.20. The van der Waals surface area contributed by atoms with Crippen LogP contribution in [-0.4, -0.2) is 25.6 Å². The molecule has 0 unspecified atom stereocenters. The first kappa shape index (κ1) is 18.8. The van der Waals surface area contributed by atoms with Gasteiger partial charge in [-0.25, -0.2) is 4.39 Å². The van der Waals surface area contributed by atoms with Crippen LogP contribution in [0.1, 0.15) is 57.9 Å². The van der Waals surface area contributed by atoms with Gasteiger partial charge in [-0.2, -0.15) is 4.39 Å². The third-order valence-electron chi connectivity index (χ3n) is 7.46. The second kappa shape index (κ2) is 6.66. The maximum Gasteiger partial charge on any atom is 0.200 e. The van der Waals surface area contributed by atoms with Crippen LogP contribution in [0.5, 0.6) is 5.75 Å². The topological polar surface area (TPSA) is 27.7 Å². The van der Waals surface area contributed by atoms with Gasteiger partial charge in [0.05, 0.1) is 19.8 Å². The molecule has 0 aromatic heterocycles. The fourth-order valence-electron chi connectivity index (χ4n) is 6.52. The lowest BCUT2D eigenvalue weighted by molar-refractivity contribution is -0.264. The van der Waals surface area contributed by atoms with Crippen LogP contribution < -0.4 is 4.74 Å². The average Bonchev–Trinajstić information content (AvgIpc) is 2.62. The lowest BCUT2D eigenvalue weighted by Gasteiger charge is -2.57. The zero-order valence-corrected chi connectivity index (χ0v) is 16.8. The number of hydrogen-bond donors (Lipinski definition) is 0. The molecule has 0 atom stereocenters. The van der Waals surface area contributed by atoms with Crippen molar-refractivity contribution >= 4 is 0 Å². The molecule has 4 bridgehead atoms. The molecule has 1 aromatic carbocycles. The van der Waals surface area contributed by atoms with Crippen LogP contribution in [0.4, 0.5) is 8.78 Å². The third kappa shape index (κ3) is 3.24. The molecule has 1 aliphatic heterocycles. The Balaban J connectivity index is 1.31. The molecule has 0 radical (unpaired) electrons. The Morgan fingerprint density at radius 3 is 2.07 bits per heavy atom. The van der Waals surface area contributed by atoms with Crippen LogP contribution in [0.15, 0.2) is 12.1 Å². The largest absolute Gasteiger partial charge is 0.490 e. The van der Waals surface area contributed by atoms with Gasteiger partial charge in [0, 0.05) is 5.92 Å². The fraction of sp³-hybridized carbons (Fsp3) is 0.739. The van der Waals surface area contributed by atoms with Crippen LogP contribution in [0.3, 0.4) is 0 Å². The highest BCUT2D eigenvalue weighted by molar-refractivity contribution is 5.37. The summed E-state index contributed by atoms with van der Waals surface area (Å²) in [4.78, 5) is 0. The lowest BCUT2D eigenvalue weighted by Crippen LogP contribution is -2.49. The van der Waals surface area contributed by atoms with Crippen LogP contribution in [0, 0.1) is 35.3 Å². The minimum Gasteiger partial charge on any atom is -0.490 e. The summed E-state index contributed by atoms with van der Waals surface area (Å²) in [7, 11) is 0. The number of benzene rings is 1. The lowest BCUT2D eigenvalue weighted by atomic mass is 9.48. The van der Waals surface area contributed by atoms with Crippen molar-refractivity contribution in [2.45, 2.75) is 63.6 Å². The first-order valence-corrected chi connectivity index (χ1v) is 10.7. The Bertz CT molecular complexity index is 715. The van der Waals surface area contributed by atoms with E-state index in [9.17, 15) is 4.39 Å². The van der Waals surface area contributed by atoms with Crippen LogP contribution in [0.25, 0.3) is 0 Å². The number of hydrogen-bond acceptors (Lipinski definition) is 3. The molecule has 28 heavy (non-hydrogen) atoms. The van der Waals surface area contributed by atoms with E-state index in [0.717, 1.165) is 19.3 Å². The highest BCUT2D eigenvalue weighted by atomic mass is 19.2. The van der Waals surface area contributed by atoms with Crippen LogP contribution in [0.2, 0.25) is 0 Å². The summed E-state index contributed by atoms with van der Waals surface area (Å²) >= 11 is 0. The Kier molecular flexibility index (Phi) is 4.48. The molecule has 0 spiro atoms. The van der Waals surface area contributed by atoms with E-state index in [1.165, 1.54) is 19.3 Å². The monoisotopic (exact) mass is 392 g/mol. The van der Waals surface area contributed by atoms with Gasteiger partial charge in [0.1, 0.15) is 0 Å². The van der Waals surface area contributed by atoms with Gasteiger partial charge in [-0.3, -0.25) is 0 Å². The maximum atomic E-state index is 15.1. The van der Waals surface area contributed by atoms with E-state index in [0.29, 0.717) is 36.5 Å². The van der Waals surface area contributed by atoms with Gasteiger partial charge >= 0.3 is 0 Å². The van der Waals surface area contributed by atoms with Crippen LogP contribution >= 0.6 is 0 Å². The van der Waals surface area contributed by atoms with Gasteiger partial charge in [-0.1, -0.05) is 6.07 Å². The zero-order valence-electron chi connectivity index (χ0n) is 16.8. The normalized spacial score (nSPS) is 36.6. The predicted octanol–water partition coefficient (Wildman–Crippen LogP) is 5.21. The zero-order chi connectivity index (χ0) is 19.5. The van der Waals surface area contributed by atoms with Gasteiger partial charge in [-0.15, -0.1) is 0 Å².